The molecule has 1 fully saturated rings. The summed E-state index contributed by atoms with van der Waals surface area (Å²) in [5.41, 5.74) is 16.0. The zero-order valence-corrected chi connectivity index (χ0v) is 19.5. The summed E-state index contributed by atoms with van der Waals surface area (Å²) in [6.45, 7) is 0. The first-order valence-corrected chi connectivity index (χ1v) is 12.3. The molecular formula is C26H26N6OS. The van der Waals surface area contributed by atoms with Gasteiger partial charge in [-0.25, -0.2) is 15.0 Å². The molecule has 4 N–H and O–H groups in total. The van der Waals surface area contributed by atoms with E-state index in [1.165, 1.54) is 23.4 Å². The third-order valence-electron chi connectivity index (χ3n) is 6.11. The zero-order chi connectivity index (χ0) is 23.5. The van der Waals surface area contributed by atoms with Crippen molar-refractivity contribution in [1.29, 1.82) is 0 Å². The van der Waals surface area contributed by atoms with Crippen molar-refractivity contribution in [2.75, 3.05) is 17.2 Å². The molecule has 1 amide bonds. The van der Waals surface area contributed by atoms with Crippen molar-refractivity contribution in [3.05, 3.63) is 83.4 Å². The Morgan fingerprint density at radius 3 is 2.41 bits per heavy atom. The van der Waals surface area contributed by atoms with E-state index in [1.54, 1.807) is 5.01 Å². The molecule has 3 aromatic rings. The Morgan fingerprint density at radius 2 is 1.71 bits per heavy atom. The predicted molar refractivity (Wildman–Crippen MR) is 137 cm³/mol. The molecule has 1 aliphatic carbocycles. The van der Waals surface area contributed by atoms with Crippen molar-refractivity contribution < 1.29 is 4.79 Å². The molecule has 5 rings (SSSR count). The van der Waals surface area contributed by atoms with Crippen molar-refractivity contribution in [3.8, 4) is 0 Å². The van der Waals surface area contributed by atoms with E-state index < -0.39 is 0 Å². The number of nitrogen functional groups attached to an aromatic ring is 2. The molecule has 0 saturated heterocycles. The Morgan fingerprint density at radius 1 is 1.03 bits per heavy atom. The van der Waals surface area contributed by atoms with Crippen LogP contribution in [-0.2, 0) is 4.79 Å². The number of aromatic nitrogens is 2. The monoisotopic (exact) mass is 470 g/mol. The molecular weight excluding hydrogens is 444 g/mol. The van der Waals surface area contributed by atoms with E-state index in [0.717, 1.165) is 36.1 Å². The number of allylic oxidation sites excluding steroid dienone is 1. The maximum absolute atomic E-state index is 13.4. The molecule has 8 heteroatoms. The van der Waals surface area contributed by atoms with Crippen LogP contribution in [0.5, 0.6) is 0 Å². The van der Waals surface area contributed by atoms with Gasteiger partial charge in [-0.15, -0.1) is 0 Å². The largest absolute Gasteiger partial charge is 0.383 e. The number of fused-ring (bicyclic) bond motifs is 1. The maximum Gasteiger partial charge on any atom is 0.253 e. The van der Waals surface area contributed by atoms with Crippen LogP contribution in [-0.4, -0.2) is 32.3 Å². The number of hydrogen-bond donors (Lipinski definition) is 2. The molecule has 2 aromatic carbocycles. The summed E-state index contributed by atoms with van der Waals surface area (Å²) in [5, 5.41) is 6.98. The molecule has 2 atom stereocenters. The van der Waals surface area contributed by atoms with E-state index >= 15 is 0 Å². The summed E-state index contributed by atoms with van der Waals surface area (Å²) in [6.07, 6.45) is 5.23. The molecule has 34 heavy (non-hydrogen) atoms. The van der Waals surface area contributed by atoms with E-state index in [4.69, 9.17) is 16.6 Å². The van der Waals surface area contributed by atoms with Gasteiger partial charge in [-0.2, -0.15) is 5.10 Å². The first-order chi connectivity index (χ1) is 16.6. The number of nitrogens with zero attached hydrogens (tertiary/aromatic N) is 4. The number of benzene rings is 2. The second-order valence-corrected chi connectivity index (χ2v) is 9.39. The molecule has 2 unspecified atom stereocenters. The van der Waals surface area contributed by atoms with E-state index in [1.807, 2.05) is 36.4 Å². The second-order valence-electron chi connectivity index (χ2n) is 8.45. The average molecular weight is 471 g/mol. The van der Waals surface area contributed by atoms with Crippen LogP contribution in [0.2, 0.25) is 0 Å². The van der Waals surface area contributed by atoms with Gasteiger partial charge in [-0.05, 0) is 42.0 Å². The molecule has 1 aromatic heterocycles. The zero-order valence-electron chi connectivity index (χ0n) is 18.7. The van der Waals surface area contributed by atoms with E-state index in [2.05, 4.69) is 40.3 Å². The highest BCUT2D eigenvalue weighted by atomic mass is 32.2. The van der Waals surface area contributed by atoms with Gasteiger partial charge in [0, 0.05) is 12.0 Å². The topological polar surface area (TPSA) is 110 Å². The van der Waals surface area contributed by atoms with E-state index in [9.17, 15) is 4.79 Å². The molecule has 7 nitrogen and oxygen atoms in total. The third kappa shape index (κ3) is 4.68. The van der Waals surface area contributed by atoms with Crippen LogP contribution in [0.1, 0.15) is 36.4 Å². The maximum atomic E-state index is 13.4. The third-order valence-corrected chi connectivity index (χ3v) is 6.94. The van der Waals surface area contributed by atoms with Crippen LogP contribution in [0.3, 0.4) is 0 Å². The molecule has 1 aliphatic heterocycles. The highest BCUT2D eigenvalue weighted by Gasteiger charge is 2.43. The second kappa shape index (κ2) is 9.69. The normalized spacial score (nSPS) is 20.8. The van der Waals surface area contributed by atoms with Crippen LogP contribution in [0.25, 0.3) is 6.08 Å². The van der Waals surface area contributed by atoms with Gasteiger partial charge < -0.3 is 11.5 Å². The van der Waals surface area contributed by atoms with E-state index in [-0.39, 0.29) is 35.3 Å². The summed E-state index contributed by atoms with van der Waals surface area (Å²) in [7, 11) is 0. The minimum Gasteiger partial charge on any atom is -0.383 e. The molecule has 0 bridgehead atoms. The standard InChI is InChI=1S/C26H26N6OS/c27-21-15-22(28)30-26(29-21)34-16-23(33)32-25(18-10-5-2-6-11-18)20-13-7-12-19(24(20)31-32)14-17-8-3-1-4-9-17/h1-6,8-11,14-15,20,25H,7,12-13,16H2,(H4,27,28,29,30)/b19-14-. The molecule has 0 radical (unpaired) electrons. The Bertz CT molecular complexity index is 1220. The lowest BCUT2D eigenvalue weighted by Crippen LogP contribution is -2.32. The molecule has 172 valence electrons. The first kappa shape index (κ1) is 22.2. The highest BCUT2D eigenvalue weighted by molar-refractivity contribution is 7.99. The van der Waals surface area contributed by atoms with Crippen molar-refractivity contribution in [1.82, 2.24) is 15.0 Å². The fourth-order valence-electron chi connectivity index (χ4n) is 4.66. The van der Waals surface area contributed by atoms with Gasteiger partial charge in [-0.3, -0.25) is 4.79 Å². The van der Waals surface area contributed by atoms with Gasteiger partial charge in [0.25, 0.3) is 5.91 Å². The fraction of sp³-hybridized carbons (Fsp3) is 0.231. The van der Waals surface area contributed by atoms with Crippen LogP contribution >= 0.6 is 11.8 Å². The predicted octanol–water partition coefficient (Wildman–Crippen LogP) is 4.56. The fourth-order valence-corrected chi connectivity index (χ4v) is 5.38. The lowest BCUT2D eigenvalue weighted by molar-refractivity contribution is -0.130. The van der Waals surface area contributed by atoms with Gasteiger partial charge in [0.2, 0.25) is 0 Å². The van der Waals surface area contributed by atoms with Crippen molar-refractivity contribution in [2.24, 2.45) is 11.0 Å². The van der Waals surface area contributed by atoms with Gasteiger partial charge in [0.15, 0.2) is 5.16 Å². The molecule has 2 aliphatic rings. The Kier molecular flexibility index (Phi) is 6.31. The lowest BCUT2D eigenvalue weighted by atomic mass is 9.77. The smallest absolute Gasteiger partial charge is 0.253 e. The van der Waals surface area contributed by atoms with Crippen molar-refractivity contribution in [3.63, 3.8) is 0 Å². The van der Waals surface area contributed by atoms with Crippen LogP contribution in [0.15, 0.2) is 82.6 Å². The Labute approximate surface area is 203 Å². The average Bonchev–Trinajstić information content (AvgIpc) is 3.24. The van der Waals surface area contributed by atoms with Gasteiger partial charge in [0.05, 0.1) is 17.5 Å². The summed E-state index contributed by atoms with van der Waals surface area (Å²) >= 11 is 1.22. The van der Waals surface area contributed by atoms with Gasteiger partial charge in [0.1, 0.15) is 11.6 Å². The van der Waals surface area contributed by atoms with Crippen LogP contribution < -0.4 is 11.5 Å². The number of carbonyl (C=O) groups excluding carboxylic acids is 1. The van der Waals surface area contributed by atoms with Crippen molar-refractivity contribution >= 4 is 41.1 Å². The first-order valence-electron chi connectivity index (χ1n) is 11.3. The number of nitrogens with two attached hydrogens (primary N) is 2. The minimum atomic E-state index is -0.129. The summed E-state index contributed by atoms with van der Waals surface area (Å²) < 4.78 is 0. The highest BCUT2D eigenvalue weighted by Crippen LogP contribution is 2.44. The number of hydrogen-bond acceptors (Lipinski definition) is 7. The lowest BCUT2D eigenvalue weighted by Gasteiger charge is -2.29. The Balaban J connectivity index is 1.45. The molecule has 0 spiro atoms. The molecule has 1 saturated carbocycles. The van der Waals surface area contributed by atoms with Crippen LogP contribution in [0.4, 0.5) is 11.6 Å². The summed E-state index contributed by atoms with van der Waals surface area (Å²) in [6, 6.07) is 21.8. The quantitative estimate of drug-likeness (QED) is 0.418. The molecule has 2 heterocycles. The number of amides is 1. The van der Waals surface area contributed by atoms with Crippen molar-refractivity contribution in [2.45, 2.75) is 30.5 Å². The number of carbonyl (C=O) groups is 1. The SMILES string of the molecule is Nc1cc(N)nc(SCC(=O)N2N=C3/C(=C\c4ccccc4)CCCC3C2c2ccccc2)n1. The number of rotatable bonds is 5. The van der Waals surface area contributed by atoms with Crippen LogP contribution in [0, 0.1) is 5.92 Å². The Hall–Kier alpha value is -3.65. The summed E-state index contributed by atoms with van der Waals surface area (Å²) in [4.78, 5) is 21.8. The minimum absolute atomic E-state index is 0.0931. The number of thioether (sulfide) groups is 1. The number of anilines is 2. The van der Waals surface area contributed by atoms with Gasteiger partial charge in [-0.1, -0.05) is 72.4 Å². The van der Waals surface area contributed by atoms with Gasteiger partial charge >= 0.3 is 0 Å². The van der Waals surface area contributed by atoms with E-state index in [0.29, 0.717) is 5.16 Å². The summed E-state index contributed by atoms with van der Waals surface area (Å²) in [5.74, 6) is 0.789. The number of hydrazone groups is 1.